The third-order valence-corrected chi connectivity index (χ3v) is 10.2. The fraction of sp³-hybridized carbons (Fsp3) is 0.603. The standard InChI is InChI=1S/C58H92O6/c1-4-7-10-13-16-19-22-24-26-28-30-31-33-36-39-42-45-48-51-57(60)63-54-55(53-62-56(59)50-47-44-41-38-35-21-18-15-12-9-6-3)64-58(61)52-49-46-43-40-37-34-32-29-27-25-23-20-17-14-11-8-5-2/h8-9,11-12,17-18,20-21,25-28,30-32,34,38,40-41,43,55H,4-7,10,13-16,19,22-24,29,33,35-37,39,42,44-54H2,1-3H3/b11-8-,12-9-,20-17-,21-18-,27-25-,28-26-,31-30-,34-32-,41-38-,43-40-. The molecule has 0 saturated heterocycles. The lowest BCUT2D eigenvalue weighted by Gasteiger charge is -2.18. The summed E-state index contributed by atoms with van der Waals surface area (Å²) in [6, 6.07) is 0. The van der Waals surface area contributed by atoms with Gasteiger partial charge in [-0.05, 0) is 109 Å². The molecule has 0 aromatic carbocycles. The molecule has 64 heavy (non-hydrogen) atoms. The molecule has 0 aromatic rings. The first-order valence-electron chi connectivity index (χ1n) is 25.6. The molecule has 1 atom stereocenters. The van der Waals surface area contributed by atoms with Crippen molar-refractivity contribution in [1.29, 1.82) is 0 Å². The molecule has 0 spiro atoms. The first-order chi connectivity index (χ1) is 31.5. The number of ether oxygens (including phenoxy) is 3. The van der Waals surface area contributed by atoms with Gasteiger partial charge in [0, 0.05) is 19.3 Å². The average molecular weight is 885 g/mol. The van der Waals surface area contributed by atoms with E-state index in [9.17, 15) is 14.4 Å². The molecule has 6 heteroatoms. The molecule has 1 unspecified atom stereocenters. The Balaban J connectivity index is 4.55. The Morgan fingerprint density at radius 1 is 0.344 bits per heavy atom. The molecular formula is C58H92O6. The molecule has 0 bridgehead atoms. The molecule has 0 amide bonds. The van der Waals surface area contributed by atoms with Crippen molar-refractivity contribution in [2.75, 3.05) is 13.2 Å². The van der Waals surface area contributed by atoms with Crippen LogP contribution in [-0.4, -0.2) is 37.2 Å². The van der Waals surface area contributed by atoms with Crippen molar-refractivity contribution in [3.63, 3.8) is 0 Å². The zero-order valence-corrected chi connectivity index (χ0v) is 41.0. The molecule has 0 N–H and O–H groups in total. The van der Waals surface area contributed by atoms with Crippen LogP contribution in [0.1, 0.15) is 207 Å². The van der Waals surface area contributed by atoms with E-state index in [4.69, 9.17) is 14.2 Å². The molecule has 6 nitrogen and oxygen atoms in total. The largest absolute Gasteiger partial charge is 0.462 e. The van der Waals surface area contributed by atoms with Crippen molar-refractivity contribution in [3.8, 4) is 0 Å². The number of carbonyl (C=O) groups is 3. The van der Waals surface area contributed by atoms with Crippen LogP contribution in [0.4, 0.5) is 0 Å². The van der Waals surface area contributed by atoms with Crippen LogP contribution in [0.15, 0.2) is 122 Å². The van der Waals surface area contributed by atoms with Crippen molar-refractivity contribution in [1.82, 2.24) is 0 Å². The predicted octanol–water partition coefficient (Wildman–Crippen LogP) is 16.9. The van der Waals surface area contributed by atoms with Gasteiger partial charge in [0.1, 0.15) is 13.2 Å². The lowest BCUT2D eigenvalue weighted by molar-refractivity contribution is -0.167. The van der Waals surface area contributed by atoms with E-state index >= 15 is 0 Å². The number of unbranched alkanes of at least 4 members (excludes halogenated alkanes) is 14. The highest BCUT2D eigenvalue weighted by molar-refractivity contribution is 5.71. The lowest BCUT2D eigenvalue weighted by Crippen LogP contribution is -2.30. The molecule has 0 aliphatic carbocycles. The second-order valence-corrected chi connectivity index (χ2v) is 16.3. The second kappa shape index (κ2) is 51.4. The quantitative estimate of drug-likeness (QED) is 0.0199. The maximum atomic E-state index is 12.8. The monoisotopic (exact) mass is 885 g/mol. The summed E-state index contributed by atoms with van der Waals surface area (Å²) < 4.78 is 16.7. The van der Waals surface area contributed by atoms with E-state index in [1.54, 1.807) is 0 Å². The molecule has 0 heterocycles. The van der Waals surface area contributed by atoms with Crippen LogP contribution < -0.4 is 0 Å². The Morgan fingerprint density at radius 3 is 1.09 bits per heavy atom. The summed E-state index contributed by atoms with van der Waals surface area (Å²) in [4.78, 5) is 37.9. The number of esters is 3. The maximum absolute atomic E-state index is 12.8. The van der Waals surface area contributed by atoms with Gasteiger partial charge in [-0.25, -0.2) is 0 Å². The molecule has 0 rings (SSSR count). The summed E-state index contributed by atoms with van der Waals surface area (Å²) in [5.74, 6) is -1.07. The van der Waals surface area contributed by atoms with E-state index < -0.39 is 6.10 Å². The molecule has 360 valence electrons. The van der Waals surface area contributed by atoms with E-state index in [1.165, 1.54) is 51.4 Å². The third-order valence-electron chi connectivity index (χ3n) is 10.2. The molecule has 0 aliphatic rings. The molecule has 0 fully saturated rings. The van der Waals surface area contributed by atoms with E-state index in [0.29, 0.717) is 19.3 Å². The number of hydrogen-bond donors (Lipinski definition) is 0. The van der Waals surface area contributed by atoms with Crippen molar-refractivity contribution < 1.29 is 28.6 Å². The highest BCUT2D eigenvalue weighted by atomic mass is 16.6. The topological polar surface area (TPSA) is 78.9 Å². The van der Waals surface area contributed by atoms with Gasteiger partial charge in [0.25, 0.3) is 0 Å². The van der Waals surface area contributed by atoms with Gasteiger partial charge in [-0.1, -0.05) is 200 Å². The fourth-order valence-corrected chi connectivity index (χ4v) is 6.43. The zero-order chi connectivity index (χ0) is 46.5. The Hall–Kier alpha value is -4.19. The Kier molecular flexibility index (Phi) is 48.1. The molecule has 0 saturated carbocycles. The zero-order valence-electron chi connectivity index (χ0n) is 41.0. The van der Waals surface area contributed by atoms with Gasteiger partial charge in [0.15, 0.2) is 6.10 Å². The highest BCUT2D eigenvalue weighted by Gasteiger charge is 2.19. The van der Waals surface area contributed by atoms with E-state index in [1.807, 2.05) is 0 Å². The molecule has 0 aromatic heterocycles. The minimum Gasteiger partial charge on any atom is -0.462 e. The third kappa shape index (κ3) is 48.8. The summed E-state index contributed by atoms with van der Waals surface area (Å²) in [6.07, 6.45) is 70.6. The first kappa shape index (κ1) is 59.8. The minimum absolute atomic E-state index is 0.128. The summed E-state index contributed by atoms with van der Waals surface area (Å²) in [7, 11) is 0. The summed E-state index contributed by atoms with van der Waals surface area (Å²) in [6.45, 7) is 6.27. The van der Waals surface area contributed by atoms with Crippen LogP contribution in [-0.2, 0) is 28.6 Å². The van der Waals surface area contributed by atoms with Gasteiger partial charge in [0.05, 0.1) is 0 Å². The Bertz CT molecular complexity index is 1390. The number of hydrogen-bond acceptors (Lipinski definition) is 6. The molecule has 0 radical (unpaired) electrons. The Labute approximate surface area is 392 Å². The number of rotatable bonds is 44. The molecule has 0 aliphatic heterocycles. The average Bonchev–Trinajstić information content (AvgIpc) is 3.29. The van der Waals surface area contributed by atoms with Gasteiger partial charge >= 0.3 is 17.9 Å². The van der Waals surface area contributed by atoms with Crippen LogP contribution in [0, 0.1) is 0 Å². The summed E-state index contributed by atoms with van der Waals surface area (Å²) in [5.41, 5.74) is 0. The lowest BCUT2D eigenvalue weighted by atomic mass is 10.1. The van der Waals surface area contributed by atoms with Crippen LogP contribution in [0.2, 0.25) is 0 Å². The van der Waals surface area contributed by atoms with E-state index in [2.05, 4.69) is 142 Å². The highest BCUT2D eigenvalue weighted by Crippen LogP contribution is 2.12. The smallest absolute Gasteiger partial charge is 0.306 e. The van der Waals surface area contributed by atoms with Crippen molar-refractivity contribution in [2.24, 2.45) is 0 Å². The van der Waals surface area contributed by atoms with Crippen molar-refractivity contribution in [2.45, 2.75) is 213 Å². The normalized spacial score (nSPS) is 13.1. The van der Waals surface area contributed by atoms with Crippen LogP contribution in [0.25, 0.3) is 0 Å². The summed E-state index contributed by atoms with van der Waals surface area (Å²) in [5, 5.41) is 0. The van der Waals surface area contributed by atoms with Gasteiger partial charge in [-0.15, -0.1) is 0 Å². The Morgan fingerprint density at radius 2 is 0.672 bits per heavy atom. The van der Waals surface area contributed by atoms with Gasteiger partial charge < -0.3 is 14.2 Å². The van der Waals surface area contributed by atoms with E-state index in [0.717, 1.165) is 103 Å². The van der Waals surface area contributed by atoms with E-state index in [-0.39, 0.29) is 44.0 Å². The van der Waals surface area contributed by atoms with Crippen molar-refractivity contribution in [3.05, 3.63) is 122 Å². The number of carbonyl (C=O) groups excluding carboxylic acids is 3. The van der Waals surface area contributed by atoms with Gasteiger partial charge in [0.2, 0.25) is 0 Å². The molecular weight excluding hydrogens is 793 g/mol. The van der Waals surface area contributed by atoms with Crippen LogP contribution in [0.5, 0.6) is 0 Å². The van der Waals surface area contributed by atoms with Crippen LogP contribution >= 0.6 is 0 Å². The maximum Gasteiger partial charge on any atom is 0.306 e. The van der Waals surface area contributed by atoms with Gasteiger partial charge in [-0.3, -0.25) is 14.4 Å². The SMILES string of the molecule is CC/C=C\C/C=C\C/C=C\C/C=C\C/C=C\CCCC(=O)OC(COC(=O)CCC/C=C\C/C=C\C/C=C\CC)COC(=O)CCCCCCC/C=C\C=C/CCCCCCCCC. The van der Waals surface area contributed by atoms with Gasteiger partial charge in [-0.2, -0.15) is 0 Å². The summed E-state index contributed by atoms with van der Waals surface area (Å²) >= 11 is 0. The first-order valence-corrected chi connectivity index (χ1v) is 25.6. The van der Waals surface area contributed by atoms with Crippen LogP contribution in [0.3, 0.4) is 0 Å². The minimum atomic E-state index is -0.837. The number of allylic oxidation sites excluding steroid dienone is 20. The second-order valence-electron chi connectivity index (χ2n) is 16.3. The predicted molar refractivity (Wildman–Crippen MR) is 274 cm³/mol. The fourth-order valence-electron chi connectivity index (χ4n) is 6.43. The van der Waals surface area contributed by atoms with Crippen molar-refractivity contribution >= 4 is 17.9 Å².